The van der Waals surface area contributed by atoms with Crippen LogP contribution >= 0.6 is 12.4 Å². The summed E-state index contributed by atoms with van der Waals surface area (Å²) in [5.41, 5.74) is 6.66. The summed E-state index contributed by atoms with van der Waals surface area (Å²) in [4.78, 5) is 7.13. The minimum atomic E-state index is 0. The van der Waals surface area contributed by atoms with Crippen molar-refractivity contribution in [1.29, 1.82) is 0 Å². The fourth-order valence-electron chi connectivity index (χ4n) is 3.63. The van der Waals surface area contributed by atoms with E-state index < -0.39 is 0 Å². The van der Waals surface area contributed by atoms with Crippen LogP contribution in [-0.4, -0.2) is 20.5 Å². The van der Waals surface area contributed by atoms with Crippen LogP contribution in [0, 0.1) is 6.92 Å². The van der Waals surface area contributed by atoms with Crippen LogP contribution in [0.3, 0.4) is 0 Å². The maximum Gasteiger partial charge on any atom is 0.161 e. The summed E-state index contributed by atoms with van der Waals surface area (Å²) in [7, 11) is 0. The molecular formula is C19H22ClN3O. The summed E-state index contributed by atoms with van der Waals surface area (Å²) in [5.74, 6) is 0. The van der Waals surface area contributed by atoms with E-state index in [9.17, 15) is 5.11 Å². The lowest BCUT2D eigenvalue weighted by Gasteiger charge is -2.36. The molecule has 1 N–H and O–H groups in total. The van der Waals surface area contributed by atoms with Crippen molar-refractivity contribution in [1.82, 2.24) is 9.38 Å². The molecule has 1 aliphatic rings. The standard InChI is InChI=1S/C19H21N3O.ClH/c1-13-10-15-6-3-4-7-16(15)11-22(13)17-8-5-9-21-18(12-23)14(2)20-19(17)21;/h3-9,13,23H,10-12H2,1-2H3;1H. The SMILES string of the molecule is Cc1nc2c(N3Cc4ccccc4CC3C)cccn2c1CO.Cl. The molecule has 0 spiro atoms. The Labute approximate surface area is 148 Å². The Kier molecular flexibility index (Phi) is 4.52. The number of imidazole rings is 1. The van der Waals surface area contributed by atoms with Crippen molar-refractivity contribution >= 4 is 23.7 Å². The van der Waals surface area contributed by atoms with Gasteiger partial charge in [-0.1, -0.05) is 24.3 Å². The van der Waals surface area contributed by atoms with E-state index in [-0.39, 0.29) is 19.0 Å². The molecular weight excluding hydrogens is 322 g/mol. The minimum absolute atomic E-state index is 0. The van der Waals surface area contributed by atoms with Crippen molar-refractivity contribution in [2.45, 2.75) is 39.5 Å². The van der Waals surface area contributed by atoms with E-state index in [1.807, 2.05) is 23.6 Å². The molecule has 3 heterocycles. The Morgan fingerprint density at radius 3 is 2.67 bits per heavy atom. The molecule has 0 radical (unpaired) electrons. The third-order valence-electron chi connectivity index (χ3n) is 4.89. The molecule has 126 valence electrons. The van der Waals surface area contributed by atoms with Crippen molar-refractivity contribution in [2.75, 3.05) is 4.90 Å². The summed E-state index contributed by atoms with van der Waals surface area (Å²) in [6.07, 6.45) is 3.02. The fraction of sp³-hybridized carbons (Fsp3) is 0.316. The summed E-state index contributed by atoms with van der Waals surface area (Å²) in [6, 6.07) is 13.3. The van der Waals surface area contributed by atoms with Crippen LogP contribution in [0.1, 0.15) is 29.4 Å². The Bertz CT molecular complexity index is 874. The number of aliphatic hydroxyl groups excluding tert-OH is 1. The van der Waals surface area contributed by atoms with E-state index in [4.69, 9.17) is 4.98 Å². The molecule has 4 rings (SSSR count). The second kappa shape index (κ2) is 6.46. The topological polar surface area (TPSA) is 40.8 Å². The first-order valence-electron chi connectivity index (χ1n) is 8.10. The summed E-state index contributed by atoms with van der Waals surface area (Å²) in [5, 5.41) is 9.61. The number of pyridine rings is 1. The Morgan fingerprint density at radius 1 is 1.17 bits per heavy atom. The number of hydrogen-bond acceptors (Lipinski definition) is 3. The molecule has 5 heteroatoms. The van der Waals surface area contributed by atoms with Gasteiger partial charge in [-0.3, -0.25) is 4.40 Å². The van der Waals surface area contributed by atoms with E-state index in [0.717, 1.165) is 35.7 Å². The molecule has 2 aromatic heterocycles. The van der Waals surface area contributed by atoms with Gasteiger partial charge >= 0.3 is 0 Å². The molecule has 1 unspecified atom stereocenters. The van der Waals surface area contributed by atoms with Crippen molar-refractivity contribution in [3.05, 3.63) is 65.1 Å². The maximum absolute atomic E-state index is 9.61. The molecule has 24 heavy (non-hydrogen) atoms. The van der Waals surface area contributed by atoms with Crippen molar-refractivity contribution in [2.24, 2.45) is 0 Å². The number of aromatic nitrogens is 2. The van der Waals surface area contributed by atoms with Gasteiger partial charge in [-0.25, -0.2) is 4.98 Å². The molecule has 0 saturated carbocycles. The van der Waals surface area contributed by atoms with Gasteiger partial charge in [0, 0.05) is 18.8 Å². The van der Waals surface area contributed by atoms with E-state index in [0.29, 0.717) is 6.04 Å². The number of nitrogens with zero attached hydrogens (tertiary/aromatic N) is 3. The van der Waals surface area contributed by atoms with Gasteiger partial charge in [-0.05, 0) is 43.5 Å². The van der Waals surface area contributed by atoms with Crippen LogP contribution in [0.2, 0.25) is 0 Å². The van der Waals surface area contributed by atoms with E-state index in [1.54, 1.807) is 0 Å². The number of rotatable bonds is 2. The Morgan fingerprint density at radius 2 is 1.92 bits per heavy atom. The first-order valence-corrected chi connectivity index (χ1v) is 8.10. The molecule has 4 nitrogen and oxygen atoms in total. The van der Waals surface area contributed by atoms with Crippen LogP contribution in [0.5, 0.6) is 0 Å². The average molecular weight is 344 g/mol. The van der Waals surface area contributed by atoms with Gasteiger partial charge in [0.05, 0.1) is 23.7 Å². The van der Waals surface area contributed by atoms with Crippen LogP contribution in [0.25, 0.3) is 5.65 Å². The smallest absolute Gasteiger partial charge is 0.161 e. The van der Waals surface area contributed by atoms with Gasteiger partial charge in [0.25, 0.3) is 0 Å². The quantitative estimate of drug-likeness (QED) is 0.774. The van der Waals surface area contributed by atoms with Crippen LogP contribution in [0.4, 0.5) is 5.69 Å². The zero-order chi connectivity index (χ0) is 16.0. The third-order valence-corrected chi connectivity index (χ3v) is 4.89. The number of halogens is 1. The molecule has 0 fully saturated rings. The van der Waals surface area contributed by atoms with Crippen molar-refractivity contribution < 1.29 is 5.11 Å². The van der Waals surface area contributed by atoms with Gasteiger partial charge in [-0.15, -0.1) is 12.4 Å². The lowest BCUT2D eigenvalue weighted by Crippen LogP contribution is -2.38. The van der Waals surface area contributed by atoms with Gasteiger partial charge in [0.15, 0.2) is 5.65 Å². The molecule has 1 atom stereocenters. The molecule has 1 aromatic carbocycles. The molecule has 1 aliphatic heterocycles. The predicted octanol–water partition coefficient (Wildman–Crippen LogP) is 3.51. The van der Waals surface area contributed by atoms with Crippen LogP contribution in [0.15, 0.2) is 42.6 Å². The third kappa shape index (κ3) is 2.56. The summed E-state index contributed by atoms with van der Waals surface area (Å²) < 4.78 is 2.01. The van der Waals surface area contributed by atoms with Gasteiger partial charge < -0.3 is 10.0 Å². The zero-order valence-corrected chi connectivity index (χ0v) is 14.8. The predicted molar refractivity (Wildman–Crippen MR) is 98.9 cm³/mol. The molecule has 0 saturated heterocycles. The molecule has 0 aliphatic carbocycles. The van der Waals surface area contributed by atoms with E-state index >= 15 is 0 Å². The zero-order valence-electron chi connectivity index (χ0n) is 13.9. The van der Waals surface area contributed by atoms with E-state index in [1.165, 1.54) is 11.1 Å². The number of benzene rings is 1. The molecule has 0 amide bonds. The van der Waals surface area contributed by atoms with Crippen LogP contribution in [-0.2, 0) is 19.6 Å². The van der Waals surface area contributed by atoms with Crippen LogP contribution < -0.4 is 4.90 Å². The molecule has 3 aromatic rings. The first-order chi connectivity index (χ1) is 11.2. The monoisotopic (exact) mass is 343 g/mol. The molecule has 0 bridgehead atoms. The second-order valence-electron chi connectivity index (χ2n) is 6.34. The van der Waals surface area contributed by atoms with E-state index in [2.05, 4.69) is 42.2 Å². The first kappa shape index (κ1) is 16.8. The van der Waals surface area contributed by atoms with Gasteiger partial charge in [0.1, 0.15) is 0 Å². The number of hydrogen-bond donors (Lipinski definition) is 1. The van der Waals surface area contributed by atoms with Gasteiger partial charge in [-0.2, -0.15) is 0 Å². The highest BCUT2D eigenvalue weighted by molar-refractivity contribution is 5.85. The highest BCUT2D eigenvalue weighted by Gasteiger charge is 2.25. The average Bonchev–Trinajstić information content (AvgIpc) is 2.89. The minimum Gasteiger partial charge on any atom is -0.390 e. The number of fused-ring (bicyclic) bond motifs is 2. The Hall–Kier alpha value is -2.04. The van der Waals surface area contributed by atoms with Crippen molar-refractivity contribution in [3.63, 3.8) is 0 Å². The number of anilines is 1. The summed E-state index contributed by atoms with van der Waals surface area (Å²) >= 11 is 0. The second-order valence-corrected chi connectivity index (χ2v) is 6.34. The number of aliphatic hydroxyl groups is 1. The highest BCUT2D eigenvalue weighted by atomic mass is 35.5. The highest BCUT2D eigenvalue weighted by Crippen LogP contribution is 2.31. The van der Waals surface area contributed by atoms with Gasteiger partial charge in [0.2, 0.25) is 0 Å². The number of aryl methyl sites for hydroxylation is 1. The Balaban J connectivity index is 0.00000169. The lowest BCUT2D eigenvalue weighted by atomic mass is 9.94. The maximum atomic E-state index is 9.61. The largest absolute Gasteiger partial charge is 0.390 e. The fourth-order valence-corrected chi connectivity index (χ4v) is 3.63. The normalized spacial score (nSPS) is 16.8. The lowest BCUT2D eigenvalue weighted by molar-refractivity contribution is 0.275. The summed E-state index contributed by atoms with van der Waals surface area (Å²) in [6.45, 7) is 5.13. The van der Waals surface area contributed by atoms with Crippen molar-refractivity contribution in [3.8, 4) is 0 Å².